The number of carbonyl (C=O) groups excluding carboxylic acids is 1. The van der Waals surface area contributed by atoms with Crippen LogP contribution in [0.15, 0.2) is 24.3 Å². The second kappa shape index (κ2) is 5.30. The number of hydrogen-bond acceptors (Lipinski definition) is 2. The number of hydrogen-bond donors (Lipinski definition) is 1. The summed E-state index contributed by atoms with van der Waals surface area (Å²) < 4.78 is 39.1. The number of aromatic carboxylic acids is 1. The molecule has 1 aliphatic heterocycles. The van der Waals surface area contributed by atoms with E-state index in [1.165, 1.54) is 43.0 Å². The van der Waals surface area contributed by atoms with Gasteiger partial charge in [0.25, 0.3) is 5.91 Å². The van der Waals surface area contributed by atoms with Crippen LogP contribution in [0.4, 0.5) is 13.2 Å². The maximum absolute atomic E-state index is 13.0. The molecule has 0 spiro atoms. The molecule has 1 amide bonds. The standard InChI is InChI=1S/C15H16F3NO3/c1-14(2)11(15(16,17)18)7-8-19(14)12(20)9-3-5-10(6-4-9)13(21)22/h3-6,11H,7-8H2,1-2H3,(H,21,22)/t11-/m0/s1. The van der Waals surface area contributed by atoms with Gasteiger partial charge < -0.3 is 10.0 Å². The maximum Gasteiger partial charge on any atom is 0.394 e. The Morgan fingerprint density at radius 2 is 1.68 bits per heavy atom. The molecular weight excluding hydrogens is 299 g/mol. The van der Waals surface area contributed by atoms with E-state index >= 15 is 0 Å². The highest BCUT2D eigenvalue weighted by Gasteiger charge is 2.56. The van der Waals surface area contributed by atoms with E-state index in [-0.39, 0.29) is 24.1 Å². The fraction of sp³-hybridized carbons (Fsp3) is 0.467. The van der Waals surface area contributed by atoms with E-state index in [1.54, 1.807) is 0 Å². The van der Waals surface area contributed by atoms with Crippen molar-refractivity contribution in [1.29, 1.82) is 0 Å². The van der Waals surface area contributed by atoms with Crippen LogP contribution in [-0.2, 0) is 0 Å². The number of rotatable bonds is 2. The molecule has 7 heteroatoms. The van der Waals surface area contributed by atoms with Crippen LogP contribution in [0.1, 0.15) is 41.0 Å². The van der Waals surface area contributed by atoms with Crippen LogP contribution in [0, 0.1) is 5.92 Å². The van der Waals surface area contributed by atoms with Gasteiger partial charge in [-0.3, -0.25) is 4.79 Å². The third kappa shape index (κ3) is 2.80. The van der Waals surface area contributed by atoms with E-state index in [0.717, 1.165) is 0 Å². The van der Waals surface area contributed by atoms with Crippen LogP contribution in [0.2, 0.25) is 0 Å². The summed E-state index contributed by atoms with van der Waals surface area (Å²) in [5.41, 5.74) is -1.13. The average Bonchev–Trinajstić information content (AvgIpc) is 2.73. The minimum absolute atomic E-state index is 0.0189. The third-order valence-corrected chi connectivity index (χ3v) is 4.21. The van der Waals surface area contributed by atoms with Crippen LogP contribution in [0.5, 0.6) is 0 Å². The largest absolute Gasteiger partial charge is 0.478 e. The van der Waals surface area contributed by atoms with Crippen molar-refractivity contribution in [3.8, 4) is 0 Å². The van der Waals surface area contributed by atoms with Gasteiger partial charge in [-0.05, 0) is 44.5 Å². The van der Waals surface area contributed by atoms with Gasteiger partial charge in [-0.25, -0.2) is 4.79 Å². The Hall–Kier alpha value is -2.05. The van der Waals surface area contributed by atoms with Crippen molar-refractivity contribution in [2.24, 2.45) is 5.92 Å². The van der Waals surface area contributed by atoms with Crippen molar-refractivity contribution in [3.63, 3.8) is 0 Å². The Morgan fingerprint density at radius 3 is 2.09 bits per heavy atom. The number of carbonyl (C=O) groups is 2. The summed E-state index contributed by atoms with van der Waals surface area (Å²) in [6.07, 6.45) is -4.48. The van der Waals surface area contributed by atoms with Gasteiger partial charge in [0, 0.05) is 17.6 Å². The number of likely N-dealkylation sites (tertiary alicyclic amines) is 1. The van der Waals surface area contributed by atoms with Gasteiger partial charge in [0.05, 0.1) is 11.5 Å². The van der Waals surface area contributed by atoms with Gasteiger partial charge in [0.2, 0.25) is 0 Å². The SMILES string of the molecule is CC1(C)[C@@H](C(F)(F)F)CCN1C(=O)c1ccc(C(=O)O)cc1. The van der Waals surface area contributed by atoms with Crippen molar-refractivity contribution in [3.05, 3.63) is 35.4 Å². The minimum Gasteiger partial charge on any atom is -0.478 e. The summed E-state index contributed by atoms with van der Waals surface area (Å²) in [4.78, 5) is 24.4. The lowest BCUT2D eigenvalue weighted by atomic mass is 9.87. The van der Waals surface area contributed by atoms with Crippen molar-refractivity contribution in [2.75, 3.05) is 6.54 Å². The summed E-state index contributed by atoms with van der Waals surface area (Å²) in [5, 5.41) is 8.81. The molecule has 1 aromatic rings. The highest BCUT2D eigenvalue weighted by molar-refractivity contribution is 5.96. The van der Waals surface area contributed by atoms with Crippen LogP contribution < -0.4 is 0 Å². The monoisotopic (exact) mass is 315 g/mol. The molecular formula is C15H16F3NO3. The molecule has 1 saturated heterocycles. The van der Waals surface area contributed by atoms with Gasteiger partial charge in [-0.1, -0.05) is 0 Å². The molecule has 1 heterocycles. The van der Waals surface area contributed by atoms with Crippen LogP contribution >= 0.6 is 0 Å². The van der Waals surface area contributed by atoms with Crippen LogP contribution in [0.3, 0.4) is 0 Å². The topological polar surface area (TPSA) is 57.6 Å². The van der Waals surface area contributed by atoms with E-state index in [2.05, 4.69) is 0 Å². The summed E-state index contributed by atoms with van der Waals surface area (Å²) in [6.45, 7) is 2.83. The van der Waals surface area contributed by atoms with Crippen molar-refractivity contribution in [2.45, 2.75) is 32.0 Å². The fourth-order valence-electron chi connectivity index (χ4n) is 2.93. The Balaban J connectivity index is 2.25. The second-order valence-corrected chi connectivity index (χ2v) is 5.88. The summed E-state index contributed by atoms with van der Waals surface area (Å²) in [6, 6.07) is 5.17. The Labute approximate surface area is 125 Å². The van der Waals surface area contributed by atoms with E-state index in [4.69, 9.17) is 5.11 Å². The maximum atomic E-state index is 13.0. The molecule has 4 nitrogen and oxygen atoms in total. The van der Waals surface area contributed by atoms with Gasteiger partial charge in [0.15, 0.2) is 0 Å². The molecule has 2 rings (SSSR count). The predicted molar refractivity (Wildman–Crippen MR) is 72.7 cm³/mol. The highest BCUT2D eigenvalue weighted by atomic mass is 19.4. The van der Waals surface area contributed by atoms with E-state index < -0.39 is 29.5 Å². The normalized spacial score (nSPS) is 21.0. The highest BCUT2D eigenvalue weighted by Crippen LogP contribution is 2.45. The molecule has 0 aliphatic carbocycles. The van der Waals surface area contributed by atoms with Gasteiger partial charge >= 0.3 is 12.1 Å². The summed E-state index contributed by atoms with van der Waals surface area (Å²) in [7, 11) is 0. The minimum atomic E-state index is -4.36. The molecule has 1 aromatic carbocycles. The molecule has 22 heavy (non-hydrogen) atoms. The first-order valence-electron chi connectivity index (χ1n) is 6.77. The number of amides is 1. The van der Waals surface area contributed by atoms with Gasteiger partial charge in [-0.15, -0.1) is 0 Å². The number of halogens is 3. The molecule has 0 saturated carbocycles. The number of alkyl halides is 3. The van der Waals surface area contributed by atoms with Crippen molar-refractivity contribution >= 4 is 11.9 Å². The van der Waals surface area contributed by atoms with E-state index in [9.17, 15) is 22.8 Å². The zero-order chi connectivity index (χ0) is 16.7. The molecule has 1 fully saturated rings. The quantitative estimate of drug-likeness (QED) is 0.912. The molecule has 0 radical (unpaired) electrons. The first-order valence-corrected chi connectivity index (χ1v) is 6.77. The van der Waals surface area contributed by atoms with Crippen molar-refractivity contribution in [1.82, 2.24) is 4.90 Å². The zero-order valence-corrected chi connectivity index (χ0v) is 12.1. The molecule has 1 N–H and O–H groups in total. The lowest BCUT2D eigenvalue weighted by Gasteiger charge is -2.36. The smallest absolute Gasteiger partial charge is 0.394 e. The number of carboxylic acids is 1. The Morgan fingerprint density at radius 1 is 1.18 bits per heavy atom. The summed E-state index contributed by atoms with van der Waals surface area (Å²) in [5.74, 6) is -3.21. The number of carboxylic acid groups (broad SMARTS) is 1. The molecule has 120 valence electrons. The lowest BCUT2D eigenvalue weighted by Crippen LogP contribution is -2.49. The van der Waals surface area contributed by atoms with Crippen LogP contribution in [0.25, 0.3) is 0 Å². The summed E-state index contributed by atoms with van der Waals surface area (Å²) >= 11 is 0. The molecule has 1 aliphatic rings. The Kier molecular flexibility index (Phi) is 3.93. The van der Waals surface area contributed by atoms with E-state index in [1.807, 2.05) is 0 Å². The van der Waals surface area contributed by atoms with Gasteiger partial charge in [-0.2, -0.15) is 13.2 Å². The lowest BCUT2D eigenvalue weighted by molar-refractivity contribution is -0.189. The molecule has 0 unspecified atom stereocenters. The third-order valence-electron chi connectivity index (χ3n) is 4.21. The predicted octanol–water partition coefficient (Wildman–Crippen LogP) is 3.19. The Bertz CT molecular complexity index is 593. The van der Waals surface area contributed by atoms with Crippen molar-refractivity contribution < 1.29 is 27.9 Å². The first kappa shape index (κ1) is 16.3. The van der Waals surface area contributed by atoms with E-state index in [0.29, 0.717) is 0 Å². The van der Waals surface area contributed by atoms with Gasteiger partial charge in [0.1, 0.15) is 0 Å². The fourth-order valence-corrected chi connectivity index (χ4v) is 2.93. The number of nitrogens with zero attached hydrogens (tertiary/aromatic N) is 1. The zero-order valence-electron chi connectivity index (χ0n) is 12.1. The first-order chi connectivity index (χ1) is 10.0. The molecule has 0 aromatic heterocycles. The number of benzene rings is 1. The molecule has 1 atom stereocenters. The van der Waals surface area contributed by atoms with Crippen LogP contribution in [-0.4, -0.2) is 40.1 Å². The molecule has 0 bridgehead atoms. The second-order valence-electron chi connectivity index (χ2n) is 5.88. The average molecular weight is 315 g/mol.